The van der Waals surface area contributed by atoms with Gasteiger partial charge in [-0.3, -0.25) is 4.79 Å². The largest absolute Gasteiger partial charge is 0.505 e. The van der Waals surface area contributed by atoms with Gasteiger partial charge in [-0.15, -0.1) is 0 Å². The van der Waals surface area contributed by atoms with Gasteiger partial charge in [-0.1, -0.05) is 13.0 Å². The summed E-state index contributed by atoms with van der Waals surface area (Å²) in [5, 5.41) is 17.1. The first kappa shape index (κ1) is 20.7. The van der Waals surface area contributed by atoms with Crippen molar-refractivity contribution in [3.8, 4) is 5.75 Å². The molecule has 3 aromatic rings. The summed E-state index contributed by atoms with van der Waals surface area (Å²) in [5.74, 6) is 2.31. The van der Waals surface area contributed by atoms with Crippen molar-refractivity contribution in [1.29, 1.82) is 0 Å². The van der Waals surface area contributed by atoms with Gasteiger partial charge in [0, 0.05) is 14.1 Å². The number of nitrogens with zero attached hydrogens (tertiary/aromatic N) is 3. The highest BCUT2D eigenvalue weighted by molar-refractivity contribution is 6.99. The van der Waals surface area contributed by atoms with Crippen molar-refractivity contribution in [2.24, 2.45) is 0 Å². The molecule has 1 amide bonds. The Labute approximate surface area is 173 Å². The first-order chi connectivity index (χ1) is 13.8. The van der Waals surface area contributed by atoms with E-state index in [1.807, 2.05) is 26.0 Å². The molecule has 2 heterocycles. The molecule has 0 spiro atoms. The quantitative estimate of drug-likeness (QED) is 0.489. The van der Waals surface area contributed by atoms with Gasteiger partial charge >= 0.3 is 0 Å². The van der Waals surface area contributed by atoms with Crippen LogP contribution in [0.5, 0.6) is 5.75 Å². The van der Waals surface area contributed by atoms with Crippen molar-refractivity contribution >= 4 is 35.0 Å². The average Bonchev–Trinajstić information content (AvgIpc) is 3.30. The molecule has 3 N–H and O–H groups in total. The topological polar surface area (TPSA) is 104 Å². The van der Waals surface area contributed by atoms with E-state index in [4.69, 9.17) is 4.42 Å². The Bertz CT molecular complexity index is 1010. The van der Waals surface area contributed by atoms with E-state index in [1.165, 1.54) is 4.90 Å². The smallest absolute Gasteiger partial charge is 0.257 e. The minimum absolute atomic E-state index is 0.0642. The van der Waals surface area contributed by atoms with E-state index in [0.717, 1.165) is 29.7 Å². The summed E-state index contributed by atoms with van der Waals surface area (Å²) in [6, 6.07) is 7.30. The number of benzene rings is 1. The molecule has 0 saturated heterocycles. The Morgan fingerprint density at radius 3 is 2.55 bits per heavy atom. The summed E-state index contributed by atoms with van der Waals surface area (Å²) < 4.78 is 14.3. The van der Waals surface area contributed by atoms with Crippen molar-refractivity contribution in [1.82, 2.24) is 13.6 Å². The average molecular weight is 416 g/mol. The highest BCUT2D eigenvalue weighted by Crippen LogP contribution is 2.35. The van der Waals surface area contributed by atoms with Crippen LogP contribution in [0.3, 0.4) is 0 Å². The van der Waals surface area contributed by atoms with Crippen molar-refractivity contribution in [2.75, 3.05) is 24.7 Å². The molecule has 0 saturated carbocycles. The second-order valence-corrected chi connectivity index (χ2v) is 7.52. The van der Waals surface area contributed by atoms with E-state index in [9.17, 15) is 9.90 Å². The lowest BCUT2D eigenvalue weighted by Gasteiger charge is -2.18. The SMILES string of the molecule is CC[C@@H](Nc1nsnc1Nc1ccc(C)c(C(=O)N(C)C)c1O)c1ccc(C)o1. The predicted octanol–water partition coefficient (Wildman–Crippen LogP) is 4.46. The summed E-state index contributed by atoms with van der Waals surface area (Å²) in [6.07, 6.45) is 0.793. The number of carbonyl (C=O) groups is 1. The lowest BCUT2D eigenvalue weighted by atomic mass is 10.0. The Hall–Kier alpha value is -3.07. The summed E-state index contributed by atoms with van der Waals surface area (Å²) in [4.78, 5) is 13.9. The molecule has 9 heteroatoms. The number of phenols is 1. The molecule has 0 fully saturated rings. The molecule has 154 valence electrons. The molecule has 0 aliphatic heterocycles. The fourth-order valence-corrected chi connectivity index (χ4v) is 3.43. The number of hydrogen-bond donors (Lipinski definition) is 3. The third-order valence-corrected chi connectivity index (χ3v) is 5.10. The molecule has 0 unspecified atom stereocenters. The first-order valence-electron chi connectivity index (χ1n) is 9.28. The standard InChI is InChI=1S/C20H25N5O3S/c1-6-13(15-10-8-12(3)28-15)21-18-19(24-29-23-18)22-14-9-7-11(2)16(17(14)26)20(27)25(4)5/h7-10,13,26H,6H2,1-5H3,(H,21,23)(H,22,24)/t13-/m1/s1. The fourth-order valence-electron chi connectivity index (χ4n) is 2.96. The van der Waals surface area contributed by atoms with Crippen molar-refractivity contribution in [2.45, 2.75) is 33.2 Å². The van der Waals surface area contributed by atoms with Crippen LogP contribution in [-0.4, -0.2) is 38.8 Å². The number of hydrogen-bond acceptors (Lipinski definition) is 8. The van der Waals surface area contributed by atoms with E-state index in [1.54, 1.807) is 33.2 Å². The number of anilines is 3. The van der Waals surface area contributed by atoms with Crippen LogP contribution in [0.15, 0.2) is 28.7 Å². The number of furan rings is 1. The van der Waals surface area contributed by atoms with E-state index in [2.05, 4.69) is 19.4 Å². The number of rotatable bonds is 7. The van der Waals surface area contributed by atoms with E-state index in [-0.39, 0.29) is 23.3 Å². The van der Waals surface area contributed by atoms with Crippen LogP contribution in [0, 0.1) is 13.8 Å². The molecule has 8 nitrogen and oxygen atoms in total. The minimum Gasteiger partial charge on any atom is -0.505 e. The molecular formula is C20H25N5O3S. The van der Waals surface area contributed by atoms with E-state index < -0.39 is 0 Å². The number of aromatic nitrogens is 2. The van der Waals surface area contributed by atoms with E-state index >= 15 is 0 Å². The summed E-state index contributed by atoms with van der Waals surface area (Å²) in [5.41, 5.74) is 1.34. The molecule has 0 aliphatic rings. The van der Waals surface area contributed by atoms with Gasteiger partial charge in [0.15, 0.2) is 17.4 Å². The Balaban J connectivity index is 1.87. The van der Waals surface area contributed by atoms with Gasteiger partial charge < -0.3 is 25.1 Å². The Morgan fingerprint density at radius 2 is 1.93 bits per heavy atom. The van der Waals surface area contributed by atoms with Crippen LogP contribution in [0.4, 0.5) is 17.3 Å². The van der Waals surface area contributed by atoms with Crippen LogP contribution in [0.2, 0.25) is 0 Å². The third-order valence-electron chi connectivity index (χ3n) is 4.57. The van der Waals surface area contributed by atoms with Crippen molar-refractivity contribution < 1.29 is 14.3 Å². The van der Waals surface area contributed by atoms with Gasteiger partial charge in [-0.05, 0) is 44.0 Å². The van der Waals surface area contributed by atoms with Gasteiger partial charge in [0.2, 0.25) is 0 Å². The van der Waals surface area contributed by atoms with Crippen LogP contribution in [-0.2, 0) is 0 Å². The number of carbonyl (C=O) groups excluding carboxylic acids is 1. The molecule has 1 aromatic carbocycles. The Kier molecular flexibility index (Phi) is 6.07. The van der Waals surface area contributed by atoms with Gasteiger partial charge in [-0.2, -0.15) is 8.75 Å². The summed E-state index contributed by atoms with van der Waals surface area (Å²) >= 11 is 1.05. The maximum atomic E-state index is 12.4. The van der Waals surface area contributed by atoms with Gasteiger partial charge in [0.05, 0.1) is 29.0 Å². The first-order valence-corrected chi connectivity index (χ1v) is 10.0. The number of aryl methyl sites for hydroxylation is 2. The molecule has 0 radical (unpaired) electrons. The predicted molar refractivity (Wildman–Crippen MR) is 114 cm³/mol. The van der Waals surface area contributed by atoms with Gasteiger partial charge in [0.25, 0.3) is 5.91 Å². The maximum Gasteiger partial charge on any atom is 0.257 e. The maximum absolute atomic E-state index is 12.4. The number of aromatic hydroxyl groups is 1. The van der Waals surface area contributed by atoms with Crippen LogP contribution in [0.1, 0.15) is 46.8 Å². The zero-order valence-electron chi connectivity index (χ0n) is 17.1. The second-order valence-electron chi connectivity index (χ2n) is 6.99. The summed E-state index contributed by atoms with van der Waals surface area (Å²) in [7, 11) is 3.30. The number of nitrogens with one attached hydrogen (secondary N) is 2. The zero-order chi connectivity index (χ0) is 21.1. The van der Waals surface area contributed by atoms with Crippen LogP contribution in [0.25, 0.3) is 0 Å². The lowest BCUT2D eigenvalue weighted by molar-refractivity contribution is 0.0824. The zero-order valence-corrected chi connectivity index (χ0v) is 17.9. The molecule has 29 heavy (non-hydrogen) atoms. The highest BCUT2D eigenvalue weighted by Gasteiger charge is 2.22. The fraction of sp³-hybridized carbons (Fsp3) is 0.350. The molecule has 2 aromatic heterocycles. The molecule has 0 aliphatic carbocycles. The second kappa shape index (κ2) is 8.52. The van der Waals surface area contributed by atoms with Crippen molar-refractivity contribution in [3.05, 3.63) is 46.9 Å². The highest BCUT2D eigenvalue weighted by atomic mass is 32.1. The number of phenolic OH excluding ortho intramolecular Hbond substituents is 1. The monoisotopic (exact) mass is 415 g/mol. The van der Waals surface area contributed by atoms with Gasteiger partial charge in [0.1, 0.15) is 11.5 Å². The van der Waals surface area contributed by atoms with Crippen molar-refractivity contribution in [3.63, 3.8) is 0 Å². The van der Waals surface area contributed by atoms with E-state index in [0.29, 0.717) is 22.9 Å². The van der Waals surface area contributed by atoms with Gasteiger partial charge in [-0.25, -0.2) is 0 Å². The number of amides is 1. The third kappa shape index (κ3) is 4.34. The normalized spacial score (nSPS) is 11.9. The lowest BCUT2D eigenvalue weighted by Crippen LogP contribution is -2.22. The molecule has 1 atom stereocenters. The summed E-state index contributed by atoms with van der Waals surface area (Å²) in [6.45, 7) is 5.74. The molecule has 3 rings (SSSR count). The molecule has 0 bridgehead atoms. The molecular weight excluding hydrogens is 390 g/mol. The van der Waals surface area contributed by atoms with Crippen LogP contribution < -0.4 is 10.6 Å². The Morgan fingerprint density at radius 1 is 1.21 bits per heavy atom. The van der Waals surface area contributed by atoms with Crippen LogP contribution >= 0.6 is 11.7 Å². The minimum atomic E-state index is -0.266.